The fraction of sp³-hybridized carbons (Fsp3) is 0.560. The molecule has 1 spiro atoms. The molecule has 0 unspecified atom stereocenters. The largest absolute Gasteiger partial charge is 0.484 e. The van der Waals surface area contributed by atoms with Gasteiger partial charge in [-0.15, -0.1) is 0 Å². The Morgan fingerprint density at radius 1 is 1.26 bits per heavy atom. The second-order valence-electron chi connectivity index (χ2n) is 10.5. The molecule has 1 atom stereocenters. The number of aromatic nitrogens is 2. The van der Waals surface area contributed by atoms with Gasteiger partial charge in [-0.05, 0) is 48.9 Å². The van der Waals surface area contributed by atoms with Crippen molar-refractivity contribution >= 4 is 27.5 Å². The number of hydrogen-bond donors (Lipinski definition) is 2. The Kier molecular flexibility index (Phi) is 6.69. The summed E-state index contributed by atoms with van der Waals surface area (Å²) in [5.41, 5.74) is 1.52. The topological polar surface area (TPSA) is 119 Å². The molecular weight excluding hydrogens is 525 g/mol. The Balaban J connectivity index is 1.47. The van der Waals surface area contributed by atoms with Gasteiger partial charge in [-0.1, -0.05) is 25.3 Å². The lowest BCUT2D eigenvalue weighted by Crippen LogP contribution is -2.49. The number of nitrogens with one attached hydrogen (secondary N) is 2. The maximum absolute atomic E-state index is 13.5. The van der Waals surface area contributed by atoms with E-state index in [4.69, 9.17) is 9.84 Å². The van der Waals surface area contributed by atoms with Crippen LogP contribution in [0, 0.1) is 0 Å². The van der Waals surface area contributed by atoms with Crippen LogP contribution in [0.2, 0.25) is 0 Å². The Hall–Kier alpha value is -3.09. The predicted molar refractivity (Wildman–Crippen MR) is 132 cm³/mol. The molecule has 0 bridgehead atoms. The molecular formula is C25H29F3N4O5S. The van der Waals surface area contributed by atoms with Crippen LogP contribution in [0.4, 0.5) is 19.0 Å². The second-order valence-corrected chi connectivity index (χ2v) is 12.6. The van der Waals surface area contributed by atoms with E-state index in [1.807, 2.05) is 0 Å². The number of sulfone groups is 1. The first-order valence-electron chi connectivity index (χ1n) is 12.6. The van der Waals surface area contributed by atoms with Crippen molar-refractivity contribution in [3.05, 3.63) is 40.6 Å². The van der Waals surface area contributed by atoms with Gasteiger partial charge in [-0.25, -0.2) is 13.1 Å². The van der Waals surface area contributed by atoms with E-state index in [1.54, 1.807) is 16.8 Å². The highest BCUT2D eigenvalue weighted by Gasteiger charge is 2.47. The predicted octanol–water partition coefficient (Wildman–Crippen LogP) is 3.44. The molecule has 1 fully saturated rings. The number of alkyl halides is 3. The molecule has 5 rings (SSSR count). The van der Waals surface area contributed by atoms with Gasteiger partial charge in [-0.2, -0.15) is 18.3 Å². The number of ether oxygens (including phenoxy) is 1. The van der Waals surface area contributed by atoms with E-state index < -0.39 is 45.7 Å². The van der Waals surface area contributed by atoms with Crippen molar-refractivity contribution in [2.24, 2.45) is 0 Å². The molecule has 9 nitrogen and oxygen atoms in total. The molecule has 1 aromatic heterocycles. The van der Waals surface area contributed by atoms with Crippen molar-refractivity contribution in [2.45, 2.75) is 69.1 Å². The minimum Gasteiger partial charge on any atom is -0.484 e. The van der Waals surface area contributed by atoms with E-state index in [0.29, 0.717) is 25.0 Å². The monoisotopic (exact) mass is 554 g/mol. The molecule has 2 amide bonds. The first-order valence-corrected chi connectivity index (χ1v) is 14.6. The zero-order valence-electron chi connectivity index (χ0n) is 20.9. The van der Waals surface area contributed by atoms with E-state index in [-0.39, 0.29) is 23.2 Å². The number of anilines is 1. The summed E-state index contributed by atoms with van der Waals surface area (Å²) in [4.78, 5) is 26.1. The minimum atomic E-state index is -4.44. The summed E-state index contributed by atoms with van der Waals surface area (Å²) in [6.45, 7) is -1.39. The fourth-order valence-corrected chi connectivity index (χ4v) is 6.41. The SMILES string of the molecule is CS(=O)(=O)CC(=O)Nc1c2c(nn1C1CCCCC1)C[C@]1(CCc3cc(OCC(F)(F)F)ccc31)NC2=O. The molecule has 2 aliphatic carbocycles. The lowest BCUT2D eigenvalue weighted by molar-refractivity contribution is -0.153. The second kappa shape index (κ2) is 9.58. The van der Waals surface area contributed by atoms with Crippen LogP contribution in [-0.2, 0) is 33.0 Å². The summed E-state index contributed by atoms with van der Waals surface area (Å²) in [5.74, 6) is -1.57. The molecule has 0 radical (unpaired) electrons. The smallest absolute Gasteiger partial charge is 0.422 e. The van der Waals surface area contributed by atoms with Crippen LogP contribution in [0.15, 0.2) is 18.2 Å². The highest BCUT2D eigenvalue weighted by Crippen LogP contribution is 2.45. The average Bonchev–Trinajstić information content (AvgIpc) is 3.35. The summed E-state index contributed by atoms with van der Waals surface area (Å²) in [5, 5.41) is 10.5. The van der Waals surface area contributed by atoms with Crippen LogP contribution >= 0.6 is 0 Å². The molecule has 13 heteroatoms. The van der Waals surface area contributed by atoms with E-state index in [9.17, 15) is 31.2 Å². The van der Waals surface area contributed by atoms with Crippen LogP contribution in [0.25, 0.3) is 0 Å². The van der Waals surface area contributed by atoms with Crippen molar-refractivity contribution in [1.82, 2.24) is 15.1 Å². The third-order valence-corrected chi connectivity index (χ3v) is 8.21. The molecule has 38 heavy (non-hydrogen) atoms. The summed E-state index contributed by atoms with van der Waals surface area (Å²) < 4.78 is 67.7. The van der Waals surface area contributed by atoms with E-state index in [1.165, 1.54) is 6.07 Å². The van der Waals surface area contributed by atoms with Crippen molar-refractivity contribution in [3.8, 4) is 5.75 Å². The van der Waals surface area contributed by atoms with Crippen LogP contribution in [0.3, 0.4) is 0 Å². The third-order valence-electron chi connectivity index (χ3n) is 7.42. The highest BCUT2D eigenvalue weighted by molar-refractivity contribution is 7.91. The maximum Gasteiger partial charge on any atom is 0.422 e. The van der Waals surface area contributed by atoms with Gasteiger partial charge in [-0.3, -0.25) is 9.59 Å². The number of carbonyl (C=O) groups is 2. The first-order chi connectivity index (χ1) is 17.8. The zero-order valence-corrected chi connectivity index (χ0v) is 21.7. The average molecular weight is 555 g/mol. The molecule has 1 saturated carbocycles. The van der Waals surface area contributed by atoms with Crippen LogP contribution < -0.4 is 15.4 Å². The first kappa shape index (κ1) is 26.5. The van der Waals surface area contributed by atoms with E-state index in [0.717, 1.165) is 49.5 Å². The minimum absolute atomic E-state index is 0.0316. The normalized spacial score (nSPS) is 21.6. The molecule has 1 aromatic carbocycles. The van der Waals surface area contributed by atoms with Gasteiger partial charge in [0.1, 0.15) is 22.9 Å². The van der Waals surface area contributed by atoms with Gasteiger partial charge in [0.2, 0.25) is 5.91 Å². The lowest BCUT2D eigenvalue weighted by Gasteiger charge is -2.35. The van der Waals surface area contributed by atoms with Gasteiger partial charge in [0.25, 0.3) is 5.91 Å². The molecule has 206 valence electrons. The summed E-state index contributed by atoms with van der Waals surface area (Å²) in [7, 11) is -3.58. The molecule has 2 N–H and O–H groups in total. The molecule has 2 heterocycles. The van der Waals surface area contributed by atoms with Crippen LogP contribution in [0.1, 0.15) is 71.7 Å². The molecule has 3 aliphatic rings. The van der Waals surface area contributed by atoms with Crippen molar-refractivity contribution < 1.29 is 35.9 Å². The number of aryl methyl sites for hydroxylation is 1. The number of nitrogens with zero attached hydrogens (tertiary/aromatic N) is 2. The number of halogens is 3. The Bertz CT molecular complexity index is 1380. The number of benzene rings is 1. The lowest BCUT2D eigenvalue weighted by atomic mass is 9.82. The zero-order chi connectivity index (χ0) is 27.3. The number of rotatable bonds is 6. The van der Waals surface area contributed by atoms with Crippen LogP contribution in [-0.4, -0.2) is 54.8 Å². The van der Waals surface area contributed by atoms with E-state index in [2.05, 4.69) is 10.6 Å². The van der Waals surface area contributed by atoms with Gasteiger partial charge in [0, 0.05) is 12.7 Å². The van der Waals surface area contributed by atoms with Gasteiger partial charge in [0.15, 0.2) is 16.4 Å². The van der Waals surface area contributed by atoms with Gasteiger partial charge in [0.05, 0.1) is 17.3 Å². The number of fused-ring (bicyclic) bond motifs is 3. The molecule has 0 saturated heterocycles. The summed E-state index contributed by atoms with van der Waals surface area (Å²) in [6.07, 6.45) is 2.62. The molecule has 1 aliphatic heterocycles. The Morgan fingerprint density at radius 2 is 2.00 bits per heavy atom. The van der Waals surface area contributed by atoms with Gasteiger partial charge >= 0.3 is 6.18 Å². The van der Waals surface area contributed by atoms with E-state index >= 15 is 0 Å². The quantitative estimate of drug-likeness (QED) is 0.565. The number of carbonyl (C=O) groups excluding carboxylic acids is 2. The Labute approximate surface area is 218 Å². The van der Waals surface area contributed by atoms with Crippen molar-refractivity contribution in [2.75, 3.05) is 23.9 Å². The summed E-state index contributed by atoms with van der Waals surface area (Å²) in [6, 6.07) is 4.70. The third kappa shape index (κ3) is 5.38. The van der Waals surface area contributed by atoms with Gasteiger partial charge < -0.3 is 15.4 Å². The van der Waals surface area contributed by atoms with Crippen molar-refractivity contribution in [1.29, 1.82) is 0 Å². The number of hydrogen-bond acceptors (Lipinski definition) is 6. The number of amides is 2. The maximum atomic E-state index is 13.5. The Morgan fingerprint density at radius 3 is 2.68 bits per heavy atom. The highest BCUT2D eigenvalue weighted by atomic mass is 32.2. The van der Waals surface area contributed by atoms with Crippen LogP contribution in [0.5, 0.6) is 5.75 Å². The summed E-state index contributed by atoms with van der Waals surface area (Å²) >= 11 is 0. The molecule has 2 aromatic rings. The fourth-order valence-electron chi connectivity index (χ4n) is 5.86. The standard InChI is InChI=1S/C25H29F3N4O5S/c1-38(35,36)13-20(33)29-22-21-19(31-32(22)16-5-3-2-4-6-16)12-24(30-23(21)34)10-9-15-11-17(7-8-18(15)24)37-14-25(26,27)28/h7-8,11,16H,2-6,9-10,12-14H2,1H3,(H,29,33)(H,30,34)/t24-/m0/s1. The van der Waals surface area contributed by atoms with Crippen molar-refractivity contribution in [3.63, 3.8) is 0 Å².